The van der Waals surface area contributed by atoms with E-state index in [0.717, 1.165) is 39.0 Å². The van der Waals surface area contributed by atoms with Gasteiger partial charge in [-0.2, -0.15) is 4.98 Å². The number of carbonyl (C=O) groups is 1. The number of hydrogen-bond donors (Lipinski definition) is 2. The molecular weight excluding hydrogens is 426 g/mol. The zero-order valence-electron chi connectivity index (χ0n) is 17.3. The Morgan fingerprint density at radius 2 is 1.88 bits per heavy atom. The van der Waals surface area contributed by atoms with Gasteiger partial charge in [0.2, 0.25) is 11.9 Å². The monoisotopic (exact) mass is 447 g/mol. The van der Waals surface area contributed by atoms with Crippen LogP contribution >= 0.6 is 11.8 Å². The van der Waals surface area contributed by atoms with E-state index in [0.29, 0.717) is 19.2 Å². The second-order valence-electron chi connectivity index (χ2n) is 7.29. The maximum absolute atomic E-state index is 11.3. The lowest BCUT2D eigenvalue weighted by Gasteiger charge is -2.19. The molecule has 0 radical (unpaired) electrons. The van der Waals surface area contributed by atoms with Gasteiger partial charge in [0.05, 0.1) is 10.9 Å². The van der Waals surface area contributed by atoms with Gasteiger partial charge >= 0.3 is 0 Å². The molecule has 1 aliphatic rings. The minimum absolute atomic E-state index is 0.284. The molecule has 1 atom stereocenters. The summed E-state index contributed by atoms with van der Waals surface area (Å²) in [6, 6.07) is 19.4. The molecule has 32 heavy (non-hydrogen) atoms. The van der Waals surface area contributed by atoms with Crippen LogP contribution in [0.5, 0.6) is 11.5 Å². The smallest absolute Gasteiger partial charge is 0.247 e. The third-order valence-electron chi connectivity index (χ3n) is 5.02. The van der Waals surface area contributed by atoms with E-state index >= 15 is 0 Å². The first-order valence-corrected chi connectivity index (χ1v) is 11.0. The number of amides is 1. The third kappa shape index (κ3) is 4.06. The Bertz CT molecular complexity index is 1290. The number of primary amides is 1. The second-order valence-corrected chi connectivity index (χ2v) is 8.70. The van der Waals surface area contributed by atoms with Crippen LogP contribution < -0.4 is 20.5 Å². The molecule has 3 N–H and O–H groups in total. The standard InChI is InChI=1S/C23H21N5O3S/c1-14(22(24)29)32-17-8-6-16(7-9-17)25-23-26-21-4-2-3-18(28(21)27-23)15-5-10-19-20(13-15)31-12-11-30-19/h2-10,13-14H,11-12H2,1H3,(H2,24,29)(H,25,27). The van der Waals surface area contributed by atoms with Crippen molar-refractivity contribution in [2.45, 2.75) is 17.1 Å². The summed E-state index contributed by atoms with van der Waals surface area (Å²) in [5.41, 5.74) is 8.76. The number of pyridine rings is 1. The van der Waals surface area contributed by atoms with Crippen LogP contribution in [-0.2, 0) is 4.79 Å². The molecule has 0 aliphatic carbocycles. The fourth-order valence-electron chi connectivity index (χ4n) is 3.39. The number of benzene rings is 2. The topological polar surface area (TPSA) is 104 Å². The predicted octanol–water partition coefficient (Wildman–Crippen LogP) is 3.88. The number of rotatable bonds is 6. The summed E-state index contributed by atoms with van der Waals surface area (Å²) in [5, 5.41) is 7.60. The van der Waals surface area contributed by atoms with Crippen molar-refractivity contribution in [2.75, 3.05) is 18.5 Å². The molecule has 0 bridgehead atoms. The van der Waals surface area contributed by atoms with E-state index < -0.39 is 0 Å². The van der Waals surface area contributed by atoms with Crippen molar-refractivity contribution >= 4 is 35.0 Å². The first-order chi connectivity index (χ1) is 15.6. The van der Waals surface area contributed by atoms with E-state index in [-0.39, 0.29) is 11.2 Å². The number of thioether (sulfide) groups is 1. The largest absolute Gasteiger partial charge is 0.486 e. The van der Waals surface area contributed by atoms with Gasteiger partial charge in [-0.25, -0.2) is 4.52 Å². The van der Waals surface area contributed by atoms with Crippen molar-refractivity contribution in [1.82, 2.24) is 14.6 Å². The van der Waals surface area contributed by atoms with Crippen LogP contribution in [0.25, 0.3) is 16.9 Å². The van der Waals surface area contributed by atoms with Crippen LogP contribution in [0.1, 0.15) is 6.92 Å². The van der Waals surface area contributed by atoms with Crippen molar-refractivity contribution in [1.29, 1.82) is 0 Å². The number of ether oxygens (including phenoxy) is 2. The van der Waals surface area contributed by atoms with Crippen LogP contribution in [0.15, 0.2) is 65.6 Å². The highest BCUT2D eigenvalue weighted by Crippen LogP contribution is 2.34. The van der Waals surface area contributed by atoms with Crippen molar-refractivity contribution in [3.05, 3.63) is 60.7 Å². The lowest BCUT2D eigenvalue weighted by molar-refractivity contribution is -0.117. The Hall–Kier alpha value is -3.72. The van der Waals surface area contributed by atoms with Crippen molar-refractivity contribution < 1.29 is 14.3 Å². The van der Waals surface area contributed by atoms with E-state index in [4.69, 9.17) is 15.2 Å². The number of carbonyl (C=O) groups excluding carboxylic acids is 1. The van der Waals surface area contributed by atoms with E-state index in [1.165, 1.54) is 11.8 Å². The van der Waals surface area contributed by atoms with Gasteiger partial charge in [-0.15, -0.1) is 16.9 Å². The van der Waals surface area contributed by atoms with Gasteiger partial charge in [-0.3, -0.25) is 4.79 Å². The fourth-order valence-corrected chi connectivity index (χ4v) is 4.21. The fraction of sp³-hybridized carbons (Fsp3) is 0.174. The number of anilines is 2. The van der Waals surface area contributed by atoms with Gasteiger partial charge in [0.1, 0.15) is 13.2 Å². The van der Waals surface area contributed by atoms with Gasteiger partial charge < -0.3 is 20.5 Å². The van der Waals surface area contributed by atoms with Gasteiger partial charge in [0, 0.05) is 16.1 Å². The molecule has 4 aromatic rings. The molecule has 3 heterocycles. The molecule has 1 aliphatic heterocycles. The highest BCUT2D eigenvalue weighted by atomic mass is 32.2. The summed E-state index contributed by atoms with van der Waals surface area (Å²) >= 11 is 1.42. The van der Waals surface area contributed by atoms with Gasteiger partial charge in [0.25, 0.3) is 0 Å². The highest BCUT2D eigenvalue weighted by molar-refractivity contribution is 8.00. The predicted molar refractivity (Wildman–Crippen MR) is 124 cm³/mol. The van der Waals surface area contributed by atoms with Crippen molar-refractivity contribution in [3.8, 4) is 22.8 Å². The Morgan fingerprint density at radius 3 is 2.66 bits per heavy atom. The van der Waals surface area contributed by atoms with Crippen LogP contribution in [0, 0.1) is 0 Å². The molecule has 0 spiro atoms. The van der Waals surface area contributed by atoms with Gasteiger partial charge in [0.15, 0.2) is 17.1 Å². The molecule has 0 saturated carbocycles. The molecule has 5 rings (SSSR count). The van der Waals surface area contributed by atoms with E-state index in [1.54, 1.807) is 11.4 Å². The normalized spacial score (nSPS) is 13.7. The summed E-state index contributed by atoms with van der Waals surface area (Å²) in [6.07, 6.45) is 0. The molecule has 162 valence electrons. The molecule has 2 aromatic carbocycles. The maximum atomic E-state index is 11.3. The van der Waals surface area contributed by atoms with Crippen LogP contribution in [0.4, 0.5) is 11.6 Å². The molecule has 9 heteroatoms. The van der Waals surface area contributed by atoms with Crippen LogP contribution in [0.3, 0.4) is 0 Å². The quantitative estimate of drug-likeness (QED) is 0.432. The molecule has 0 fully saturated rings. The van der Waals surface area contributed by atoms with E-state index in [2.05, 4.69) is 15.4 Å². The number of nitrogens with one attached hydrogen (secondary N) is 1. The number of nitrogens with zero attached hydrogens (tertiary/aromatic N) is 3. The van der Waals surface area contributed by atoms with E-state index in [9.17, 15) is 4.79 Å². The lowest BCUT2D eigenvalue weighted by atomic mass is 10.1. The first kappa shape index (κ1) is 20.2. The average molecular weight is 448 g/mol. The lowest BCUT2D eigenvalue weighted by Crippen LogP contribution is -2.22. The van der Waals surface area contributed by atoms with Gasteiger partial charge in [-0.1, -0.05) is 6.07 Å². The molecule has 1 unspecified atom stereocenters. The van der Waals surface area contributed by atoms with Crippen molar-refractivity contribution in [2.24, 2.45) is 5.73 Å². The van der Waals surface area contributed by atoms with Crippen molar-refractivity contribution in [3.63, 3.8) is 0 Å². The maximum Gasteiger partial charge on any atom is 0.247 e. The summed E-state index contributed by atoms with van der Waals surface area (Å²) in [4.78, 5) is 16.8. The van der Waals surface area contributed by atoms with Crippen LogP contribution in [0.2, 0.25) is 0 Å². The molecule has 1 amide bonds. The summed E-state index contributed by atoms with van der Waals surface area (Å²) in [7, 11) is 0. The number of aromatic nitrogens is 3. The minimum atomic E-state index is -0.333. The van der Waals surface area contributed by atoms with E-state index in [1.807, 2.05) is 60.7 Å². The Labute approximate surface area is 188 Å². The number of fused-ring (bicyclic) bond motifs is 2. The average Bonchev–Trinajstić information content (AvgIpc) is 3.22. The number of nitrogens with two attached hydrogens (primary N) is 1. The number of hydrogen-bond acceptors (Lipinski definition) is 7. The first-order valence-electron chi connectivity index (χ1n) is 10.2. The highest BCUT2D eigenvalue weighted by Gasteiger charge is 2.15. The second kappa shape index (κ2) is 8.43. The zero-order valence-corrected chi connectivity index (χ0v) is 18.1. The molecule has 0 saturated heterocycles. The third-order valence-corrected chi connectivity index (χ3v) is 6.15. The Morgan fingerprint density at radius 1 is 1.09 bits per heavy atom. The molecule has 8 nitrogen and oxygen atoms in total. The SMILES string of the molecule is CC(Sc1ccc(Nc2nc3cccc(-c4ccc5c(c4)OCCO5)n3n2)cc1)C(N)=O. The molecular formula is C23H21N5O3S. The Kier molecular flexibility index (Phi) is 5.32. The summed E-state index contributed by atoms with van der Waals surface area (Å²) < 4.78 is 13.1. The zero-order chi connectivity index (χ0) is 22.1. The minimum Gasteiger partial charge on any atom is -0.486 e. The van der Waals surface area contributed by atoms with Gasteiger partial charge in [-0.05, 0) is 61.5 Å². The summed E-state index contributed by atoms with van der Waals surface area (Å²) in [6.45, 7) is 2.89. The summed E-state index contributed by atoms with van der Waals surface area (Å²) in [5.74, 6) is 1.63. The Balaban J connectivity index is 1.39. The molecule has 2 aromatic heterocycles. The van der Waals surface area contributed by atoms with Crippen LogP contribution in [-0.4, -0.2) is 39.0 Å².